The SMILES string of the molecule is CC(C)N1CCCC1c1cc(C=O)no1. The second-order valence-electron chi connectivity index (χ2n) is 4.26. The van der Waals surface area contributed by atoms with E-state index in [1.54, 1.807) is 6.07 Å². The molecule has 0 spiro atoms. The number of likely N-dealkylation sites (tertiary alicyclic amines) is 1. The number of rotatable bonds is 3. The van der Waals surface area contributed by atoms with Gasteiger partial charge >= 0.3 is 0 Å². The van der Waals surface area contributed by atoms with Gasteiger partial charge < -0.3 is 4.52 Å². The van der Waals surface area contributed by atoms with Crippen LogP contribution >= 0.6 is 0 Å². The minimum Gasteiger partial charge on any atom is -0.359 e. The molecule has 2 rings (SSSR count). The smallest absolute Gasteiger partial charge is 0.171 e. The van der Waals surface area contributed by atoms with Crippen LogP contribution in [0.3, 0.4) is 0 Å². The van der Waals surface area contributed by atoms with Gasteiger partial charge in [-0.3, -0.25) is 9.69 Å². The Balaban J connectivity index is 2.18. The van der Waals surface area contributed by atoms with Gasteiger partial charge in [-0.2, -0.15) is 0 Å². The molecule has 0 saturated carbocycles. The Kier molecular flexibility index (Phi) is 2.86. The fourth-order valence-corrected chi connectivity index (χ4v) is 2.23. The van der Waals surface area contributed by atoms with E-state index in [-0.39, 0.29) is 0 Å². The van der Waals surface area contributed by atoms with Crippen LogP contribution in [-0.2, 0) is 0 Å². The van der Waals surface area contributed by atoms with Crippen molar-refractivity contribution in [3.8, 4) is 0 Å². The van der Waals surface area contributed by atoms with E-state index in [1.807, 2.05) is 0 Å². The third-order valence-electron chi connectivity index (χ3n) is 2.95. The first-order chi connectivity index (χ1) is 7.22. The Morgan fingerprint density at radius 3 is 3.07 bits per heavy atom. The van der Waals surface area contributed by atoms with E-state index in [0.29, 0.717) is 17.8 Å². The van der Waals surface area contributed by atoms with Crippen molar-refractivity contribution in [3.05, 3.63) is 17.5 Å². The summed E-state index contributed by atoms with van der Waals surface area (Å²) < 4.78 is 5.20. The maximum absolute atomic E-state index is 10.5. The van der Waals surface area contributed by atoms with E-state index in [4.69, 9.17) is 4.52 Å². The molecule has 1 aliphatic heterocycles. The standard InChI is InChI=1S/C11H16N2O2/c1-8(2)13-5-3-4-10(13)11-6-9(7-14)12-15-11/h6-8,10H,3-5H2,1-2H3. The molecule has 1 aliphatic rings. The number of carbonyl (C=O) groups is 1. The average molecular weight is 208 g/mol. The molecule has 0 N–H and O–H groups in total. The van der Waals surface area contributed by atoms with E-state index < -0.39 is 0 Å². The van der Waals surface area contributed by atoms with Gasteiger partial charge in [0.1, 0.15) is 5.69 Å². The van der Waals surface area contributed by atoms with Crippen LogP contribution in [-0.4, -0.2) is 28.9 Å². The lowest BCUT2D eigenvalue weighted by Gasteiger charge is -2.26. The summed E-state index contributed by atoms with van der Waals surface area (Å²) in [6.45, 7) is 5.45. The second-order valence-corrected chi connectivity index (χ2v) is 4.26. The molecule has 0 aliphatic carbocycles. The minimum absolute atomic E-state index is 0.297. The lowest BCUT2D eigenvalue weighted by Crippen LogP contribution is -2.29. The van der Waals surface area contributed by atoms with E-state index in [2.05, 4.69) is 23.9 Å². The molecule has 4 nitrogen and oxygen atoms in total. The fraction of sp³-hybridized carbons (Fsp3) is 0.636. The van der Waals surface area contributed by atoms with Gasteiger partial charge in [0, 0.05) is 12.1 Å². The van der Waals surface area contributed by atoms with Crippen molar-refractivity contribution >= 4 is 6.29 Å². The molecule has 1 unspecified atom stereocenters. The monoisotopic (exact) mass is 208 g/mol. The average Bonchev–Trinajstić information content (AvgIpc) is 2.85. The molecule has 1 saturated heterocycles. The predicted molar refractivity (Wildman–Crippen MR) is 55.7 cm³/mol. The third-order valence-corrected chi connectivity index (χ3v) is 2.95. The van der Waals surface area contributed by atoms with Crippen molar-refractivity contribution in [2.75, 3.05) is 6.54 Å². The molecule has 4 heteroatoms. The first-order valence-electron chi connectivity index (χ1n) is 5.40. The topological polar surface area (TPSA) is 46.3 Å². The molecule has 1 aromatic heterocycles. The number of nitrogens with zero attached hydrogens (tertiary/aromatic N) is 2. The van der Waals surface area contributed by atoms with Gasteiger partial charge in [-0.15, -0.1) is 0 Å². The molecule has 1 aromatic rings. The Morgan fingerprint density at radius 2 is 2.47 bits per heavy atom. The maximum atomic E-state index is 10.5. The Labute approximate surface area is 89.2 Å². The van der Waals surface area contributed by atoms with E-state index in [1.165, 1.54) is 6.42 Å². The Bertz CT molecular complexity index is 346. The van der Waals surface area contributed by atoms with Crippen LogP contribution in [0.1, 0.15) is 49.0 Å². The van der Waals surface area contributed by atoms with Gasteiger partial charge in [-0.1, -0.05) is 5.16 Å². The van der Waals surface area contributed by atoms with Crippen molar-refractivity contribution in [2.45, 2.75) is 38.8 Å². The van der Waals surface area contributed by atoms with Gasteiger partial charge in [0.05, 0.1) is 6.04 Å². The van der Waals surface area contributed by atoms with E-state index in [9.17, 15) is 4.79 Å². The highest BCUT2D eigenvalue weighted by molar-refractivity contribution is 5.71. The number of hydrogen-bond donors (Lipinski definition) is 0. The van der Waals surface area contributed by atoms with Crippen LogP contribution in [0, 0.1) is 0 Å². The first-order valence-corrected chi connectivity index (χ1v) is 5.40. The Morgan fingerprint density at radius 1 is 1.67 bits per heavy atom. The summed E-state index contributed by atoms with van der Waals surface area (Å²) in [6.07, 6.45) is 2.99. The summed E-state index contributed by atoms with van der Waals surface area (Å²) in [5.74, 6) is 0.823. The van der Waals surface area contributed by atoms with Crippen LogP contribution in [0.25, 0.3) is 0 Å². The summed E-state index contributed by atoms with van der Waals surface area (Å²) in [7, 11) is 0. The number of hydrogen-bond acceptors (Lipinski definition) is 4. The summed E-state index contributed by atoms with van der Waals surface area (Å²) in [5, 5.41) is 3.70. The van der Waals surface area contributed by atoms with Crippen molar-refractivity contribution in [1.29, 1.82) is 0 Å². The first kappa shape index (κ1) is 10.4. The number of aldehydes is 1. The normalized spacial score (nSPS) is 22.5. The molecule has 82 valence electrons. The Hall–Kier alpha value is -1.16. The zero-order valence-electron chi connectivity index (χ0n) is 9.14. The fourth-order valence-electron chi connectivity index (χ4n) is 2.23. The van der Waals surface area contributed by atoms with Crippen molar-refractivity contribution in [3.63, 3.8) is 0 Å². The van der Waals surface area contributed by atoms with Gasteiger partial charge in [-0.05, 0) is 33.2 Å². The number of aromatic nitrogens is 1. The zero-order chi connectivity index (χ0) is 10.8. The molecule has 15 heavy (non-hydrogen) atoms. The van der Waals surface area contributed by atoms with Crippen LogP contribution < -0.4 is 0 Å². The molecular weight excluding hydrogens is 192 g/mol. The van der Waals surface area contributed by atoms with Gasteiger partial charge in [0.25, 0.3) is 0 Å². The summed E-state index contributed by atoms with van der Waals surface area (Å²) in [6, 6.07) is 2.55. The van der Waals surface area contributed by atoms with Crippen LogP contribution in [0.2, 0.25) is 0 Å². The highest BCUT2D eigenvalue weighted by Crippen LogP contribution is 2.33. The third kappa shape index (κ3) is 1.95. The van der Waals surface area contributed by atoms with Crippen LogP contribution in [0.5, 0.6) is 0 Å². The van der Waals surface area contributed by atoms with Gasteiger partial charge in [-0.25, -0.2) is 0 Å². The molecule has 0 radical (unpaired) electrons. The highest BCUT2D eigenvalue weighted by Gasteiger charge is 2.30. The lowest BCUT2D eigenvalue weighted by molar-refractivity contribution is 0.111. The summed E-state index contributed by atoms with van der Waals surface area (Å²) >= 11 is 0. The highest BCUT2D eigenvalue weighted by atomic mass is 16.5. The number of carbonyl (C=O) groups excluding carboxylic acids is 1. The molecule has 1 atom stereocenters. The molecule has 0 bridgehead atoms. The molecule has 1 fully saturated rings. The zero-order valence-corrected chi connectivity index (χ0v) is 9.14. The molecule has 0 aromatic carbocycles. The molecular formula is C11H16N2O2. The van der Waals surface area contributed by atoms with E-state index >= 15 is 0 Å². The largest absolute Gasteiger partial charge is 0.359 e. The lowest BCUT2D eigenvalue weighted by atomic mass is 10.1. The van der Waals surface area contributed by atoms with Crippen molar-refractivity contribution in [2.24, 2.45) is 0 Å². The van der Waals surface area contributed by atoms with Gasteiger partial charge in [0.15, 0.2) is 12.0 Å². The van der Waals surface area contributed by atoms with E-state index in [0.717, 1.165) is 25.0 Å². The molecule has 0 amide bonds. The van der Waals surface area contributed by atoms with Crippen molar-refractivity contribution < 1.29 is 9.32 Å². The molecule has 2 heterocycles. The summed E-state index contributed by atoms with van der Waals surface area (Å²) in [4.78, 5) is 12.9. The van der Waals surface area contributed by atoms with Crippen LogP contribution in [0.15, 0.2) is 10.6 Å². The second kappa shape index (κ2) is 4.14. The van der Waals surface area contributed by atoms with Gasteiger partial charge in [0.2, 0.25) is 0 Å². The van der Waals surface area contributed by atoms with Crippen molar-refractivity contribution in [1.82, 2.24) is 10.1 Å². The maximum Gasteiger partial charge on any atom is 0.171 e. The van der Waals surface area contributed by atoms with Crippen LogP contribution in [0.4, 0.5) is 0 Å². The predicted octanol–water partition coefficient (Wildman–Crippen LogP) is 2.03. The summed E-state index contributed by atoms with van der Waals surface area (Å²) in [5.41, 5.74) is 0.389. The minimum atomic E-state index is 0.297. The quantitative estimate of drug-likeness (QED) is 0.713.